The molecule has 0 aliphatic heterocycles. The first-order valence-electron chi connectivity index (χ1n) is 6.58. The van der Waals surface area contributed by atoms with E-state index in [1.165, 1.54) is 19.3 Å². The maximum absolute atomic E-state index is 11.1. The molecule has 0 aliphatic carbocycles. The molecule has 0 amide bonds. The van der Waals surface area contributed by atoms with Gasteiger partial charge in [0.2, 0.25) is 0 Å². The van der Waals surface area contributed by atoms with Gasteiger partial charge in [-0.3, -0.25) is 9.59 Å². The number of hydrogen-bond donors (Lipinski definition) is 1. The van der Waals surface area contributed by atoms with E-state index < -0.39 is 18.4 Å². The van der Waals surface area contributed by atoms with Crippen molar-refractivity contribution in [2.24, 2.45) is 0 Å². The van der Waals surface area contributed by atoms with Crippen molar-refractivity contribution >= 4 is 11.9 Å². The van der Waals surface area contributed by atoms with Gasteiger partial charge >= 0.3 is 11.9 Å². The summed E-state index contributed by atoms with van der Waals surface area (Å²) in [7, 11) is 0. The largest absolute Gasteiger partial charge is 0.481 e. The van der Waals surface area contributed by atoms with E-state index >= 15 is 0 Å². The molecule has 0 aliphatic rings. The van der Waals surface area contributed by atoms with Crippen LogP contribution in [0, 0.1) is 0 Å². The molecule has 0 bridgehead atoms. The molecule has 4 nitrogen and oxygen atoms in total. The van der Waals surface area contributed by atoms with Crippen molar-refractivity contribution in [3.05, 3.63) is 12.7 Å². The lowest BCUT2D eigenvalue weighted by Gasteiger charge is -2.12. The molecule has 18 heavy (non-hydrogen) atoms. The molecule has 1 N–H and O–H groups in total. The maximum atomic E-state index is 11.1. The number of carboxylic acids is 1. The van der Waals surface area contributed by atoms with Crippen LogP contribution in [0.4, 0.5) is 0 Å². The molecule has 0 heterocycles. The normalized spacial score (nSPS) is 11.8. The summed E-state index contributed by atoms with van der Waals surface area (Å²) < 4.78 is 4.97. The van der Waals surface area contributed by atoms with Gasteiger partial charge in [-0.15, -0.1) is 6.58 Å². The van der Waals surface area contributed by atoms with Crippen molar-refractivity contribution in [2.75, 3.05) is 0 Å². The van der Waals surface area contributed by atoms with Gasteiger partial charge in [0, 0.05) is 0 Å². The zero-order chi connectivity index (χ0) is 13.8. The summed E-state index contributed by atoms with van der Waals surface area (Å²) in [4.78, 5) is 21.3. The number of ether oxygens (including phenoxy) is 1. The van der Waals surface area contributed by atoms with Crippen LogP contribution in [0.15, 0.2) is 12.7 Å². The average Bonchev–Trinajstić information content (AvgIpc) is 2.26. The molecule has 0 radical (unpaired) electrons. The fraction of sp³-hybridized carbons (Fsp3) is 0.714. The Labute approximate surface area is 109 Å². The Balaban J connectivity index is 3.41. The van der Waals surface area contributed by atoms with E-state index in [1.54, 1.807) is 6.92 Å². The Morgan fingerprint density at radius 2 is 1.83 bits per heavy atom. The summed E-state index contributed by atoms with van der Waals surface area (Å²) in [6, 6.07) is 0. The van der Waals surface area contributed by atoms with Gasteiger partial charge in [-0.05, 0) is 32.6 Å². The smallest absolute Gasteiger partial charge is 0.317 e. The fourth-order valence-corrected chi connectivity index (χ4v) is 1.70. The quantitative estimate of drug-likeness (QED) is 0.266. The van der Waals surface area contributed by atoms with E-state index in [1.807, 2.05) is 6.08 Å². The molecule has 104 valence electrons. The summed E-state index contributed by atoms with van der Waals surface area (Å²) in [5, 5.41) is 8.41. The number of rotatable bonds is 11. The van der Waals surface area contributed by atoms with Gasteiger partial charge in [-0.2, -0.15) is 0 Å². The van der Waals surface area contributed by atoms with Crippen molar-refractivity contribution in [1.29, 1.82) is 0 Å². The van der Waals surface area contributed by atoms with Crippen molar-refractivity contribution in [1.82, 2.24) is 0 Å². The number of carbonyl (C=O) groups is 2. The number of aliphatic carboxylic acids is 1. The summed E-state index contributed by atoms with van der Waals surface area (Å²) in [5.74, 6) is -1.80. The number of unbranched alkanes of at least 4 members (excludes halogenated alkanes) is 5. The highest BCUT2D eigenvalue weighted by Crippen LogP contribution is 2.10. The van der Waals surface area contributed by atoms with Crippen LogP contribution in [0.2, 0.25) is 0 Å². The molecule has 1 atom stereocenters. The van der Waals surface area contributed by atoms with Gasteiger partial charge in [-0.25, -0.2) is 0 Å². The summed E-state index contributed by atoms with van der Waals surface area (Å²) in [6.07, 6.45) is 8.78. The third-order valence-corrected chi connectivity index (χ3v) is 2.65. The monoisotopic (exact) mass is 256 g/mol. The minimum atomic E-state index is -1.14. The van der Waals surface area contributed by atoms with E-state index in [9.17, 15) is 9.59 Å². The molecule has 0 spiro atoms. The number of hydrogen-bond acceptors (Lipinski definition) is 3. The van der Waals surface area contributed by atoms with Crippen LogP contribution in [-0.4, -0.2) is 23.1 Å². The lowest BCUT2D eigenvalue weighted by atomic mass is 10.1. The molecular weight excluding hydrogens is 232 g/mol. The van der Waals surface area contributed by atoms with Gasteiger partial charge < -0.3 is 9.84 Å². The van der Waals surface area contributed by atoms with Crippen molar-refractivity contribution in [2.45, 2.75) is 64.4 Å². The minimum absolute atomic E-state index is 0.190. The van der Waals surface area contributed by atoms with Crippen molar-refractivity contribution in [3.63, 3.8) is 0 Å². The van der Waals surface area contributed by atoms with Crippen molar-refractivity contribution in [3.8, 4) is 0 Å². The Hall–Kier alpha value is -1.32. The zero-order valence-electron chi connectivity index (χ0n) is 11.2. The van der Waals surface area contributed by atoms with Crippen LogP contribution < -0.4 is 0 Å². The third kappa shape index (κ3) is 11.2. The maximum Gasteiger partial charge on any atom is 0.317 e. The predicted octanol–water partition coefficient (Wildman–Crippen LogP) is 3.31. The summed E-state index contributed by atoms with van der Waals surface area (Å²) >= 11 is 0. The Morgan fingerprint density at radius 3 is 2.44 bits per heavy atom. The lowest BCUT2D eigenvalue weighted by molar-refractivity contribution is -0.154. The topological polar surface area (TPSA) is 63.6 Å². The molecule has 0 saturated heterocycles. The zero-order valence-corrected chi connectivity index (χ0v) is 11.2. The molecule has 0 saturated carbocycles. The lowest BCUT2D eigenvalue weighted by Crippen LogP contribution is -2.17. The van der Waals surface area contributed by atoms with Crippen LogP contribution in [0.1, 0.15) is 58.3 Å². The average molecular weight is 256 g/mol. The van der Waals surface area contributed by atoms with Gasteiger partial charge in [0.1, 0.15) is 6.42 Å². The van der Waals surface area contributed by atoms with E-state index in [-0.39, 0.29) is 6.10 Å². The molecule has 0 aromatic rings. The molecule has 0 aromatic heterocycles. The Kier molecular flexibility index (Phi) is 10.0. The first-order valence-corrected chi connectivity index (χ1v) is 6.58. The van der Waals surface area contributed by atoms with Crippen LogP contribution >= 0.6 is 0 Å². The number of esters is 1. The van der Waals surface area contributed by atoms with E-state index in [4.69, 9.17) is 9.84 Å². The first-order chi connectivity index (χ1) is 8.56. The molecule has 1 unspecified atom stereocenters. The summed E-state index contributed by atoms with van der Waals surface area (Å²) in [6.45, 7) is 5.48. The van der Waals surface area contributed by atoms with Crippen molar-refractivity contribution < 1.29 is 19.4 Å². The number of allylic oxidation sites excluding steroid dienone is 1. The summed E-state index contributed by atoms with van der Waals surface area (Å²) in [5.41, 5.74) is 0. The second-order valence-electron chi connectivity index (χ2n) is 4.50. The highest BCUT2D eigenvalue weighted by atomic mass is 16.5. The second-order valence-corrected chi connectivity index (χ2v) is 4.50. The van der Waals surface area contributed by atoms with Gasteiger partial charge in [0.15, 0.2) is 0 Å². The number of carbonyl (C=O) groups excluding carboxylic acids is 1. The molecule has 4 heteroatoms. The van der Waals surface area contributed by atoms with Gasteiger partial charge in [0.25, 0.3) is 0 Å². The van der Waals surface area contributed by atoms with Gasteiger partial charge in [0.05, 0.1) is 6.10 Å². The van der Waals surface area contributed by atoms with Crippen LogP contribution in [0.25, 0.3) is 0 Å². The number of carboxylic acid groups (broad SMARTS) is 1. The van der Waals surface area contributed by atoms with E-state index in [2.05, 4.69) is 6.58 Å². The molecule has 0 fully saturated rings. The van der Waals surface area contributed by atoms with E-state index in [0.717, 1.165) is 25.7 Å². The highest BCUT2D eigenvalue weighted by molar-refractivity contribution is 5.90. The SMILES string of the molecule is C=CCCCCCCCC(C)OC(=O)CC(=O)O. The third-order valence-electron chi connectivity index (χ3n) is 2.65. The molecular formula is C14H24O4. The minimum Gasteiger partial charge on any atom is -0.481 e. The first kappa shape index (κ1) is 16.7. The Morgan fingerprint density at radius 1 is 1.22 bits per heavy atom. The highest BCUT2D eigenvalue weighted by Gasteiger charge is 2.12. The fourth-order valence-electron chi connectivity index (χ4n) is 1.70. The molecule has 0 rings (SSSR count). The Bertz CT molecular complexity index is 261. The van der Waals surface area contributed by atoms with Gasteiger partial charge in [-0.1, -0.05) is 25.3 Å². The van der Waals surface area contributed by atoms with E-state index in [0.29, 0.717) is 0 Å². The van der Waals surface area contributed by atoms with Crippen LogP contribution in [0.5, 0.6) is 0 Å². The standard InChI is InChI=1S/C14H24O4/c1-3-4-5-6-7-8-9-10-12(2)18-14(17)11-13(15)16/h3,12H,1,4-11H2,2H3,(H,15,16). The van der Waals surface area contributed by atoms with Crippen LogP contribution in [-0.2, 0) is 14.3 Å². The molecule has 0 aromatic carbocycles. The predicted molar refractivity (Wildman–Crippen MR) is 70.3 cm³/mol. The second kappa shape index (κ2) is 10.8. The van der Waals surface area contributed by atoms with Crippen LogP contribution in [0.3, 0.4) is 0 Å².